The first kappa shape index (κ1) is 15.2. The van der Waals surface area contributed by atoms with Gasteiger partial charge in [-0.2, -0.15) is 0 Å². The summed E-state index contributed by atoms with van der Waals surface area (Å²) in [6.45, 7) is 1.61. The molecule has 0 heterocycles. The number of phenolic OH excluding ortho intramolecular Hbond substituents is 1. The number of hydrogen-bond donors (Lipinski definition) is 2. The Hall–Kier alpha value is -0.850. The van der Waals surface area contributed by atoms with Gasteiger partial charge in [0, 0.05) is 10.0 Å². The van der Waals surface area contributed by atoms with Crippen LogP contribution in [0.15, 0.2) is 16.6 Å². The Morgan fingerprint density at radius 3 is 2.83 bits per heavy atom. The second-order valence-electron chi connectivity index (χ2n) is 3.47. The molecule has 7 heteroatoms. The third kappa shape index (κ3) is 3.13. The number of rotatable bonds is 4. The highest BCUT2D eigenvalue weighted by molar-refractivity contribution is 9.10. The van der Waals surface area contributed by atoms with Gasteiger partial charge in [-0.1, -0.05) is 27.5 Å². The Morgan fingerprint density at radius 2 is 2.28 bits per heavy atom. The van der Waals surface area contributed by atoms with Crippen LogP contribution in [0, 0.1) is 0 Å². The van der Waals surface area contributed by atoms with E-state index in [1.807, 2.05) is 0 Å². The zero-order chi connectivity index (χ0) is 13.9. The maximum absolute atomic E-state index is 13.8. The molecule has 3 N–H and O–H groups in total. The largest absolute Gasteiger partial charge is 0.506 e. The lowest BCUT2D eigenvalue weighted by Crippen LogP contribution is -2.31. The molecule has 0 bridgehead atoms. The van der Waals surface area contributed by atoms with Crippen molar-refractivity contribution in [3.63, 3.8) is 0 Å². The summed E-state index contributed by atoms with van der Waals surface area (Å²) in [5.74, 6) is -1.43. The summed E-state index contributed by atoms with van der Waals surface area (Å²) >= 11 is 8.83. The fraction of sp³-hybridized carbons (Fsp3) is 0.364. The summed E-state index contributed by atoms with van der Waals surface area (Å²) in [6.07, 6.45) is -2.08. The van der Waals surface area contributed by atoms with Crippen LogP contribution < -0.4 is 5.73 Å². The van der Waals surface area contributed by atoms with Crippen LogP contribution in [0.4, 0.5) is 4.39 Å². The number of carbonyl (C=O) groups excluding carboxylic acids is 1. The molecule has 0 aromatic heterocycles. The molecule has 0 fully saturated rings. The molecule has 4 nitrogen and oxygen atoms in total. The molecule has 1 aromatic carbocycles. The van der Waals surface area contributed by atoms with Crippen molar-refractivity contribution in [2.75, 3.05) is 6.61 Å². The van der Waals surface area contributed by atoms with Crippen molar-refractivity contribution in [2.45, 2.75) is 19.1 Å². The first-order chi connectivity index (χ1) is 8.40. The number of esters is 1. The highest BCUT2D eigenvalue weighted by atomic mass is 79.9. The number of ether oxygens (including phenoxy) is 1. The van der Waals surface area contributed by atoms with Gasteiger partial charge < -0.3 is 15.6 Å². The first-order valence-electron chi connectivity index (χ1n) is 5.13. The van der Waals surface area contributed by atoms with Crippen LogP contribution in [0.5, 0.6) is 5.75 Å². The summed E-state index contributed by atoms with van der Waals surface area (Å²) in [7, 11) is 0. The number of halogens is 3. The Bertz CT molecular complexity index is 458. The van der Waals surface area contributed by atoms with E-state index in [4.69, 9.17) is 17.3 Å². The third-order valence-electron chi connectivity index (χ3n) is 2.28. The summed E-state index contributed by atoms with van der Waals surface area (Å²) in [4.78, 5) is 11.3. The molecule has 100 valence electrons. The third-order valence-corrected chi connectivity index (χ3v) is 3.27. The second-order valence-corrected chi connectivity index (χ2v) is 4.73. The van der Waals surface area contributed by atoms with E-state index in [2.05, 4.69) is 20.7 Å². The highest BCUT2D eigenvalue weighted by Crippen LogP contribution is 2.38. The minimum absolute atomic E-state index is 0.0275. The van der Waals surface area contributed by atoms with Gasteiger partial charge in [0.25, 0.3) is 0 Å². The summed E-state index contributed by atoms with van der Waals surface area (Å²) < 4.78 is 18.7. The number of hydrogen-bond acceptors (Lipinski definition) is 4. The van der Waals surface area contributed by atoms with Gasteiger partial charge in [-0.15, -0.1) is 0 Å². The van der Waals surface area contributed by atoms with Crippen molar-refractivity contribution >= 4 is 33.5 Å². The lowest BCUT2D eigenvalue weighted by Gasteiger charge is -2.18. The number of benzene rings is 1. The number of nitrogens with two attached hydrogens (primary N) is 1. The van der Waals surface area contributed by atoms with E-state index in [-0.39, 0.29) is 22.9 Å². The molecular weight excluding hydrogens is 328 g/mol. The molecule has 2 atom stereocenters. The van der Waals surface area contributed by atoms with E-state index in [1.165, 1.54) is 12.1 Å². The van der Waals surface area contributed by atoms with Crippen LogP contribution >= 0.6 is 27.5 Å². The summed E-state index contributed by atoms with van der Waals surface area (Å²) in [6, 6.07) is 1.57. The van der Waals surface area contributed by atoms with Gasteiger partial charge in [-0.25, -0.2) is 9.18 Å². The van der Waals surface area contributed by atoms with E-state index in [1.54, 1.807) is 6.92 Å². The zero-order valence-electron chi connectivity index (χ0n) is 9.49. The predicted molar refractivity (Wildman–Crippen MR) is 69.3 cm³/mol. The van der Waals surface area contributed by atoms with Crippen LogP contribution in [-0.4, -0.2) is 23.9 Å². The monoisotopic (exact) mass is 339 g/mol. The molecular formula is C11H12BrClFNO3. The Balaban J connectivity index is 3.07. The number of alkyl halides is 1. The zero-order valence-corrected chi connectivity index (χ0v) is 11.8. The maximum Gasteiger partial charge on any atom is 0.342 e. The molecule has 0 amide bonds. The van der Waals surface area contributed by atoms with Gasteiger partial charge in [-0.3, -0.25) is 0 Å². The van der Waals surface area contributed by atoms with Crippen molar-refractivity contribution in [2.24, 2.45) is 5.73 Å². The molecule has 0 saturated heterocycles. The fourth-order valence-electron chi connectivity index (χ4n) is 1.39. The van der Waals surface area contributed by atoms with Crippen LogP contribution in [0.2, 0.25) is 5.02 Å². The molecule has 0 aliphatic carbocycles. The van der Waals surface area contributed by atoms with Crippen molar-refractivity contribution in [3.8, 4) is 5.75 Å². The molecule has 0 spiro atoms. The first-order valence-corrected chi connectivity index (χ1v) is 6.30. The Labute approximate surface area is 117 Å². The molecule has 0 saturated carbocycles. The summed E-state index contributed by atoms with van der Waals surface area (Å²) in [5, 5.41) is 9.78. The van der Waals surface area contributed by atoms with Gasteiger partial charge in [0.05, 0.1) is 17.7 Å². The minimum atomic E-state index is -2.08. The van der Waals surface area contributed by atoms with Crippen molar-refractivity contribution in [3.05, 3.63) is 27.2 Å². The van der Waals surface area contributed by atoms with Crippen LogP contribution in [0.3, 0.4) is 0 Å². The maximum atomic E-state index is 13.8. The molecule has 18 heavy (non-hydrogen) atoms. The van der Waals surface area contributed by atoms with Crippen LogP contribution in [-0.2, 0) is 9.53 Å². The van der Waals surface area contributed by atoms with E-state index >= 15 is 0 Å². The Kier molecular flexibility index (Phi) is 5.37. The van der Waals surface area contributed by atoms with E-state index < -0.39 is 18.2 Å². The molecule has 1 unspecified atom stereocenters. The second kappa shape index (κ2) is 6.36. The number of aromatic hydroxyl groups is 1. The summed E-state index contributed by atoms with van der Waals surface area (Å²) in [5.41, 5.74) is 5.65. The molecule has 0 aliphatic heterocycles. The van der Waals surface area contributed by atoms with Crippen molar-refractivity contribution < 1.29 is 19.0 Å². The highest BCUT2D eigenvalue weighted by Gasteiger charge is 2.31. The quantitative estimate of drug-likeness (QED) is 0.827. The van der Waals surface area contributed by atoms with Crippen molar-refractivity contribution in [1.29, 1.82) is 0 Å². The van der Waals surface area contributed by atoms with E-state index in [0.29, 0.717) is 4.47 Å². The van der Waals surface area contributed by atoms with Crippen molar-refractivity contribution in [1.82, 2.24) is 0 Å². The Morgan fingerprint density at radius 1 is 1.67 bits per heavy atom. The average molecular weight is 341 g/mol. The minimum Gasteiger partial charge on any atom is -0.506 e. The van der Waals surface area contributed by atoms with Crippen LogP contribution in [0.25, 0.3) is 0 Å². The molecule has 1 rings (SSSR count). The lowest BCUT2D eigenvalue weighted by atomic mass is 10.0. The van der Waals surface area contributed by atoms with E-state index in [0.717, 1.165) is 0 Å². The van der Waals surface area contributed by atoms with Gasteiger partial charge in [-0.05, 0) is 19.1 Å². The predicted octanol–water partition coefficient (Wildman–Crippen LogP) is 2.71. The van der Waals surface area contributed by atoms with Crippen LogP contribution in [0.1, 0.15) is 18.5 Å². The lowest BCUT2D eigenvalue weighted by molar-refractivity contribution is -0.149. The van der Waals surface area contributed by atoms with Gasteiger partial charge in [0.15, 0.2) is 0 Å². The number of phenols is 1. The normalized spacial score (nSPS) is 14.1. The standard InChI is InChI=1S/C11H12BrClFNO3/c1-2-18-11(17)8(14)9(15)7-5(12)3-4-6(13)10(7)16/h3-4,8-9,16H,2,15H2,1H3/t8?,9-/m0/s1. The topological polar surface area (TPSA) is 72.5 Å². The molecule has 0 aliphatic rings. The molecule has 0 radical (unpaired) electrons. The smallest absolute Gasteiger partial charge is 0.342 e. The molecule has 1 aromatic rings. The average Bonchev–Trinajstić information content (AvgIpc) is 2.33. The SMILES string of the molecule is CCOC(=O)C(F)[C@@H](N)c1c(Br)ccc(Cl)c1O. The van der Waals surface area contributed by atoms with Gasteiger partial charge in [0.2, 0.25) is 6.17 Å². The van der Waals surface area contributed by atoms with E-state index in [9.17, 15) is 14.3 Å². The van der Waals surface area contributed by atoms with Gasteiger partial charge >= 0.3 is 5.97 Å². The van der Waals surface area contributed by atoms with Gasteiger partial charge in [0.1, 0.15) is 5.75 Å². The fourth-order valence-corrected chi connectivity index (χ4v) is 2.14. The number of carbonyl (C=O) groups is 1.